The number of nitrogens with one attached hydrogen (secondary N) is 2. The number of imidazole rings is 1. The molecule has 20 heavy (non-hydrogen) atoms. The van der Waals surface area contributed by atoms with Gasteiger partial charge in [0.05, 0.1) is 6.33 Å². The average Bonchev–Trinajstić information content (AvgIpc) is 3.05. The lowest BCUT2D eigenvalue weighted by Gasteiger charge is -2.05. The number of nitrogens with zero attached hydrogens (tertiary/aromatic N) is 2. The van der Waals surface area contributed by atoms with Crippen LogP contribution in [0, 0.1) is 0 Å². The zero-order valence-electron chi connectivity index (χ0n) is 10.5. The molecule has 0 aromatic carbocycles. The molecule has 0 aliphatic rings. The minimum absolute atomic E-state index is 0.0856. The maximum Gasteiger partial charge on any atom is 0.352 e. The first-order valence-corrected chi connectivity index (χ1v) is 7.34. The van der Waals surface area contributed by atoms with Gasteiger partial charge in [-0.15, -0.1) is 0 Å². The van der Waals surface area contributed by atoms with E-state index in [1.807, 2.05) is 4.57 Å². The van der Waals surface area contributed by atoms with Crippen LogP contribution in [-0.4, -0.2) is 40.6 Å². The van der Waals surface area contributed by atoms with Crippen molar-refractivity contribution in [1.82, 2.24) is 19.3 Å². The van der Waals surface area contributed by atoms with Gasteiger partial charge < -0.3 is 14.7 Å². The van der Waals surface area contributed by atoms with Gasteiger partial charge in [0, 0.05) is 31.7 Å². The van der Waals surface area contributed by atoms with E-state index < -0.39 is 16.0 Å². The first-order valence-electron chi connectivity index (χ1n) is 5.86. The van der Waals surface area contributed by atoms with Crippen molar-refractivity contribution < 1.29 is 18.3 Å². The van der Waals surface area contributed by atoms with E-state index in [4.69, 9.17) is 5.11 Å². The first-order chi connectivity index (χ1) is 9.49. The molecular weight excluding hydrogens is 284 g/mol. The average molecular weight is 298 g/mol. The van der Waals surface area contributed by atoms with E-state index in [1.165, 1.54) is 0 Å². The Bertz CT molecular complexity index is 675. The molecule has 0 fully saturated rings. The number of carboxylic acids is 1. The van der Waals surface area contributed by atoms with Gasteiger partial charge in [-0.3, -0.25) is 0 Å². The molecule has 8 nitrogen and oxygen atoms in total. The Kier molecular flexibility index (Phi) is 4.20. The summed E-state index contributed by atoms with van der Waals surface area (Å²) in [5.74, 6) is -1.20. The smallest absolute Gasteiger partial charge is 0.352 e. The minimum atomic E-state index is -3.68. The van der Waals surface area contributed by atoms with Crippen LogP contribution in [0.1, 0.15) is 16.9 Å². The lowest BCUT2D eigenvalue weighted by molar-refractivity contribution is 0.0691. The Hall–Kier alpha value is -2.13. The Balaban J connectivity index is 1.88. The second kappa shape index (κ2) is 5.88. The fourth-order valence-electron chi connectivity index (χ4n) is 1.62. The van der Waals surface area contributed by atoms with Gasteiger partial charge in [-0.05, 0) is 12.5 Å². The predicted octanol–water partition coefficient (Wildman–Crippen LogP) is 0.278. The van der Waals surface area contributed by atoms with E-state index in [2.05, 4.69) is 14.7 Å². The number of hydrogen-bond acceptors (Lipinski definition) is 4. The lowest BCUT2D eigenvalue weighted by atomic mass is 10.4. The standard InChI is InChI=1S/C11H14N4O4S/c16-11(17)10-6-9(7-13-10)20(18,19)14-2-1-4-15-5-3-12-8-15/h3,5-8,13-14H,1-2,4H2,(H,16,17). The summed E-state index contributed by atoms with van der Waals surface area (Å²) < 4.78 is 28.0. The first kappa shape index (κ1) is 14.3. The summed E-state index contributed by atoms with van der Waals surface area (Å²) in [5.41, 5.74) is -0.163. The number of aromatic nitrogens is 3. The maximum absolute atomic E-state index is 11.9. The summed E-state index contributed by atoms with van der Waals surface area (Å²) in [4.78, 5) is 16.9. The van der Waals surface area contributed by atoms with Gasteiger partial charge in [-0.25, -0.2) is 22.9 Å². The number of carbonyl (C=O) groups is 1. The highest BCUT2D eigenvalue weighted by atomic mass is 32.2. The third-order valence-corrected chi connectivity index (χ3v) is 4.08. The van der Waals surface area contributed by atoms with Gasteiger partial charge in [0.15, 0.2) is 0 Å². The molecule has 0 atom stereocenters. The second-order valence-electron chi connectivity index (χ2n) is 4.11. The predicted molar refractivity (Wildman–Crippen MR) is 69.8 cm³/mol. The third kappa shape index (κ3) is 3.45. The number of carboxylic acid groups (broad SMARTS) is 1. The van der Waals surface area contributed by atoms with Crippen LogP contribution < -0.4 is 4.72 Å². The molecule has 0 saturated carbocycles. The molecule has 2 heterocycles. The van der Waals surface area contributed by atoms with Crippen molar-refractivity contribution in [3.8, 4) is 0 Å². The number of aryl methyl sites for hydroxylation is 1. The summed E-state index contributed by atoms with van der Waals surface area (Å²) in [6.07, 6.45) is 6.85. The summed E-state index contributed by atoms with van der Waals surface area (Å²) in [6.45, 7) is 0.907. The van der Waals surface area contributed by atoms with E-state index in [-0.39, 0.29) is 17.1 Å². The molecule has 108 valence electrons. The van der Waals surface area contributed by atoms with Crippen LogP contribution in [0.4, 0.5) is 0 Å². The van der Waals surface area contributed by atoms with Crippen LogP contribution >= 0.6 is 0 Å². The minimum Gasteiger partial charge on any atom is -0.477 e. The van der Waals surface area contributed by atoms with E-state index in [0.29, 0.717) is 13.0 Å². The monoisotopic (exact) mass is 298 g/mol. The van der Waals surface area contributed by atoms with Crippen molar-refractivity contribution in [2.24, 2.45) is 0 Å². The molecule has 0 unspecified atom stereocenters. The normalized spacial score (nSPS) is 11.6. The Morgan fingerprint density at radius 1 is 1.50 bits per heavy atom. The zero-order valence-corrected chi connectivity index (χ0v) is 11.3. The van der Waals surface area contributed by atoms with Crippen molar-refractivity contribution in [3.63, 3.8) is 0 Å². The number of rotatable bonds is 7. The van der Waals surface area contributed by atoms with Crippen LogP contribution in [0.2, 0.25) is 0 Å². The molecular formula is C11H14N4O4S. The molecule has 2 rings (SSSR count). The largest absolute Gasteiger partial charge is 0.477 e. The SMILES string of the molecule is O=C(O)c1cc(S(=O)(=O)NCCCn2ccnc2)c[nH]1. The molecule has 2 aromatic rings. The van der Waals surface area contributed by atoms with Crippen LogP contribution in [0.3, 0.4) is 0 Å². The molecule has 0 spiro atoms. The zero-order chi connectivity index (χ0) is 14.6. The fraction of sp³-hybridized carbons (Fsp3) is 0.273. The second-order valence-corrected chi connectivity index (χ2v) is 5.87. The third-order valence-electron chi connectivity index (χ3n) is 2.64. The number of aromatic amines is 1. The lowest BCUT2D eigenvalue weighted by Crippen LogP contribution is -2.25. The number of sulfonamides is 1. The van der Waals surface area contributed by atoms with Crippen molar-refractivity contribution >= 4 is 16.0 Å². The quantitative estimate of drug-likeness (QED) is 0.635. The topological polar surface area (TPSA) is 117 Å². The van der Waals surface area contributed by atoms with Crippen molar-refractivity contribution in [2.45, 2.75) is 17.9 Å². The molecule has 0 saturated heterocycles. The van der Waals surface area contributed by atoms with E-state index in [1.54, 1.807) is 18.7 Å². The number of hydrogen-bond donors (Lipinski definition) is 3. The summed E-state index contributed by atoms with van der Waals surface area (Å²) >= 11 is 0. The highest BCUT2D eigenvalue weighted by Crippen LogP contribution is 2.10. The highest BCUT2D eigenvalue weighted by Gasteiger charge is 2.17. The Labute approximate surface area is 115 Å². The van der Waals surface area contributed by atoms with Gasteiger partial charge >= 0.3 is 5.97 Å². The van der Waals surface area contributed by atoms with Crippen molar-refractivity contribution in [2.75, 3.05) is 6.54 Å². The Morgan fingerprint density at radius 2 is 2.30 bits per heavy atom. The molecule has 0 bridgehead atoms. The van der Waals surface area contributed by atoms with Crippen LogP contribution in [-0.2, 0) is 16.6 Å². The molecule has 2 aromatic heterocycles. The van der Waals surface area contributed by atoms with Gasteiger partial charge in [0.25, 0.3) is 0 Å². The van der Waals surface area contributed by atoms with E-state index in [0.717, 1.165) is 12.3 Å². The number of aromatic carboxylic acids is 1. The van der Waals surface area contributed by atoms with Crippen molar-refractivity contribution in [3.05, 3.63) is 36.7 Å². The molecule has 0 aliphatic carbocycles. The highest BCUT2D eigenvalue weighted by molar-refractivity contribution is 7.89. The molecule has 0 aliphatic heterocycles. The summed E-state index contributed by atoms with van der Waals surface area (Å²) in [7, 11) is -3.68. The van der Waals surface area contributed by atoms with Gasteiger partial charge in [-0.2, -0.15) is 0 Å². The maximum atomic E-state index is 11.9. The molecule has 3 N–H and O–H groups in total. The van der Waals surface area contributed by atoms with E-state index in [9.17, 15) is 13.2 Å². The molecule has 0 amide bonds. The van der Waals surface area contributed by atoms with Gasteiger partial charge in [0.1, 0.15) is 10.6 Å². The number of H-pyrrole nitrogens is 1. The Morgan fingerprint density at radius 3 is 2.90 bits per heavy atom. The summed E-state index contributed by atoms with van der Waals surface area (Å²) in [6, 6.07) is 1.08. The summed E-state index contributed by atoms with van der Waals surface area (Å²) in [5, 5.41) is 8.73. The molecule has 9 heteroatoms. The van der Waals surface area contributed by atoms with Gasteiger partial charge in [0.2, 0.25) is 10.0 Å². The van der Waals surface area contributed by atoms with Crippen molar-refractivity contribution in [1.29, 1.82) is 0 Å². The fourth-order valence-corrected chi connectivity index (χ4v) is 2.69. The van der Waals surface area contributed by atoms with Crippen LogP contribution in [0.15, 0.2) is 35.9 Å². The van der Waals surface area contributed by atoms with Crippen LogP contribution in [0.5, 0.6) is 0 Å². The van der Waals surface area contributed by atoms with E-state index >= 15 is 0 Å². The molecule has 0 radical (unpaired) electrons. The van der Waals surface area contributed by atoms with Gasteiger partial charge in [-0.1, -0.05) is 0 Å². The van der Waals surface area contributed by atoms with Crippen LogP contribution in [0.25, 0.3) is 0 Å².